The molecule has 0 bridgehead atoms. The molecule has 1 rings (SSSR count). The molecule has 1 N–H and O–H groups in total. The number of likely N-dealkylation sites (N-methyl/N-ethyl adjacent to an activating group) is 1. The monoisotopic (exact) mass is 269 g/mol. The first-order valence-electron chi connectivity index (χ1n) is 6.88. The Morgan fingerprint density at radius 1 is 1.42 bits per heavy atom. The highest BCUT2D eigenvalue weighted by Gasteiger charge is 2.08. The summed E-state index contributed by atoms with van der Waals surface area (Å²) >= 11 is 0. The van der Waals surface area contributed by atoms with Crippen molar-refractivity contribution in [3.05, 3.63) is 12.2 Å². The lowest BCUT2D eigenvalue weighted by Crippen LogP contribution is -2.31. The summed E-state index contributed by atoms with van der Waals surface area (Å²) in [5, 5.41) is 7.61. The Morgan fingerprint density at radius 2 is 2.21 bits per heavy atom. The lowest BCUT2D eigenvalue weighted by atomic mass is 10.2. The molecule has 1 aromatic heterocycles. The van der Waals surface area contributed by atoms with Crippen molar-refractivity contribution in [2.24, 2.45) is 5.92 Å². The Bertz CT molecular complexity index is 340. The summed E-state index contributed by atoms with van der Waals surface area (Å²) in [4.78, 5) is 6.59. The van der Waals surface area contributed by atoms with Gasteiger partial charge in [0.1, 0.15) is 12.2 Å². The zero-order valence-corrected chi connectivity index (χ0v) is 12.6. The summed E-state index contributed by atoms with van der Waals surface area (Å²) in [6.45, 7) is 9.73. The lowest BCUT2D eigenvalue weighted by molar-refractivity contribution is 0.197. The van der Waals surface area contributed by atoms with Gasteiger partial charge >= 0.3 is 0 Å². The Labute approximate surface area is 116 Å². The molecule has 0 radical (unpaired) electrons. The van der Waals surface area contributed by atoms with Gasteiger partial charge in [-0.3, -0.25) is 4.90 Å². The SMILES string of the molecule is COCCNCCN(C)Cc1ncnn1CC(C)C. The van der Waals surface area contributed by atoms with Gasteiger partial charge in [0.25, 0.3) is 0 Å². The highest BCUT2D eigenvalue weighted by Crippen LogP contribution is 2.03. The van der Waals surface area contributed by atoms with Crippen LogP contribution < -0.4 is 5.32 Å². The van der Waals surface area contributed by atoms with Crippen LogP contribution in [0.1, 0.15) is 19.7 Å². The van der Waals surface area contributed by atoms with Crippen LogP contribution in [0.25, 0.3) is 0 Å². The van der Waals surface area contributed by atoms with Gasteiger partial charge in [0.15, 0.2) is 0 Å². The first kappa shape index (κ1) is 16.1. The van der Waals surface area contributed by atoms with Crippen LogP contribution in [-0.2, 0) is 17.8 Å². The topological polar surface area (TPSA) is 55.2 Å². The van der Waals surface area contributed by atoms with E-state index in [1.54, 1.807) is 13.4 Å². The second-order valence-corrected chi connectivity index (χ2v) is 5.23. The molecule has 6 nitrogen and oxygen atoms in total. The van der Waals surface area contributed by atoms with Crippen molar-refractivity contribution in [3.8, 4) is 0 Å². The van der Waals surface area contributed by atoms with Crippen molar-refractivity contribution in [2.45, 2.75) is 26.9 Å². The van der Waals surface area contributed by atoms with Gasteiger partial charge in [0.2, 0.25) is 0 Å². The third-order valence-corrected chi connectivity index (χ3v) is 2.80. The molecule has 0 saturated carbocycles. The first-order valence-corrected chi connectivity index (χ1v) is 6.88. The normalized spacial score (nSPS) is 11.7. The van der Waals surface area contributed by atoms with E-state index in [2.05, 4.69) is 41.2 Å². The van der Waals surface area contributed by atoms with E-state index in [1.165, 1.54) is 0 Å². The fourth-order valence-corrected chi connectivity index (χ4v) is 1.80. The van der Waals surface area contributed by atoms with E-state index < -0.39 is 0 Å². The van der Waals surface area contributed by atoms with Gasteiger partial charge in [-0.05, 0) is 13.0 Å². The van der Waals surface area contributed by atoms with Crippen molar-refractivity contribution in [1.29, 1.82) is 0 Å². The van der Waals surface area contributed by atoms with Crippen molar-refractivity contribution >= 4 is 0 Å². The lowest BCUT2D eigenvalue weighted by Gasteiger charge is -2.17. The zero-order chi connectivity index (χ0) is 14.1. The van der Waals surface area contributed by atoms with E-state index in [1.807, 2.05) is 4.68 Å². The summed E-state index contributed by atoms with van der Waals surface area (Å²) in [5.41, 5.74) is 0. The number of hydrogen-bond donors (Lipinski definition) is 1. The number of methoxy groups -OCH3 is 1. The van der Waals surface area contributed by atoms with Gasteiger partial charge in [-0.25, -0.2) is 9.67 Å². The van der Waals surface area contributed by atoms with Crippen LogP contribution in [0.2, 0.25) is 0 Å². The maximum Gasteiger partial charge on any atom is 0.141 e. The molecule has 0 aliphatic carbocycles. The number of aromatic nitrogens is 3. The molecule has 6 heteroatoms. The smallest absolute Gasteiger partial charge is 0.141 e. The zero-order valence-electron chi connectivity index (χ0n) is 12.6. The molecule has 0 atom stereocenters. The van der Waals surface area contributed by atoms with Crippen LogP contribution in [-0.4, -0.2) is 60.1 Å². The standard InChI is InChI=1S/C13H27N5O/c1-12(2)9-18-13(15-11-16-18)10-17(3)7-5-14-6-8-19-4/h11-12,14H,5-10H2,1-4H3. The van der Waals surface area contributed by atoms with Gasteiger partial charge in [-0.2, -0.15) is 5.10 Å². The quantitative estimate of drug-likeness (QED) is 0.631. The summed E-state index contributed by atoms with van der Waals surface area (Å²) < 4.78 is 6.99. The minimum absolute atomic E-state index is 0.585. The van der Waals surface area contributed by atoms with E-state index in [0.717, 1.165) is 45.2 Å². The minimum Gasteiger partial charge on any atom is -0.383 e. The minimum atomic E-state index is 0.585. The average molecular weight is 269 g/mol. The maximum absolute atomic E-state index is 4.99. The number of nitrogens with one attached hydrogen (secondary N) is 1. The predicted octanol–water partition coefficient (Wildman–Crippen LogP) is 0.602. The Balaban J connectivity index is 2.27. The molecule has 110 valence electrons. The fraction of sp³-hybridized carbons (Fsp3) is 0.846. The second kappa shape index (κ2) is 9.01. The molecule has 0 unspecified atom stereocenters. The van der Waals surface area contributed by atoms with Crippen molar-refractivity contribution in [2.75, 3.05) is 40.4 Å². The number of rotatable bonds is 10. The van der Waals surface area contributed by atoms with E-state index in [-0.39, 0.29) is 0 Å². The fourth-order valence-electron chi connectivity index (χ4n) is 1.80. The van der Waals surface area contributed by atoms with Gasteiger partial charge in [-0.1, -0.05) is 13.8 Å². The van der Waals surface area contributed by atoms with Gasteiger partial charge in [0, 0.05) is 33.3 Å². The molecular formula is C13H27N5O. The van der Waals surface area contributed by atoms with Crippen LogP contribution in [0.15, 0.2) is 6.33 Å². The molecule has 0 aliphatic heterocycles. The highest BCUT2D eigenvalue weighted by atomic mass is 16.5. The van der Waals surface area contributed by atoms with Crippen molar-refractivity contribution in [3.63, 3.8) is 0 Å². The van der Waals surface area contributed by atoms with E-state index in [9.17, 15) is 0 Å². The predicted molar refractivity (Wildman–Crippen MR) is 75.9 cm³/mol. The molecule has 0 spiro atoms. The van der Waals surface area contributed by atoms with Gasteiger partial charge in [-0.15, -0.1) is 0 Å². The summed E-state index contributed by atoms with van der Waals surface area (Å²) in [7, 11) is 3.82. The molecule has 0 amide bonds. The number of ether oxygens (including phenoxy) is 1. The largest absolute Gasteiger partial charge is 0.383 e. The first-order chi connectivity index (χ1) is 9.13. The third-order valence-electron chi connectivity index (χ3n) is 2.80. The molecular weight excluding hydrogens is 242 g/mol. The number of nitrogens with zero attached hydrogens (tertiary/aromatic N) is 4. The molecule has 1 heterocycles. The molecule has 0 aliphatic rings. The van der Waals surface area contributed by atoms with Crippen LogP contribution >= 0.6 is 0 Å². The highest BCUT2D eigenvalue weighted by molar-refractivity contribution is 4.84. The summed E-state index contributed by atoms with van der Waals surface area (Å²) in [5.74, 6) is 1.62. The molecule has 1 aromatic rings. The Kier molecular flexibility index (Phi) is 7.62. The van der Waals surface area contributed by atoms with Crippen LogP contribution in [0, 0.1) is 5.92 Å². The van der Waals surface area contributed by atoms with Gasteiger partial charge in [0.05, 0.1) is 13.2 Å². The molecule has 19 heavy (non-hydrogen) atoms. The summed E-state index contributed by atoms with van der Waals surface area (Å²) in [6.07, 6.45) is 1.64. The number of hydrogen-bond acceptors (Lipinski definition) is 5. The molecule has 0 aromatic carbocycles. The van der Waals surface area contributed by atoms with Crippen molar-refractivity contribution < 1.29 is 4.74 Å². The Morgan fingerprint density at radius 3 is 2.89 bits per heavy atom. The third kappa shape index (κ3) is 6.66. The van der Waals surface area contributed by atoms with E-state index in [4.69, 9.17) is 4.74 Å². The van der Waals surface area contributed by atoms with Gasteiger partial charge < -0.3 is 10.1 Å². The van der Waals surface area contributed by atoms with E-state index in [0.29, 0.717) is 5.92 Å². The van der Waals surface area contributed by atoms with E-state index >= 15 is 0 Å². The Hall–Kier alpha value is -0.980. The van der Waals surface area contributed by atoms with Crippen molar-refractivity contribution in [1.82, 2.24) is 25.0 Å². The average Bonchev–Trinajstić information content (AvgIpc) is 2.75. The van der Waals surface area contributed by atoms with Crippen LogP contribution in [0.4, 0.5) is 0 Å². The summed E-state index contributed by atoms with van der Waals surface area (Å²) in [6, 6.07) is 0. The second-order valence-electron chi connectivity index (χ2n) is 5.23. The van der Waals surface area contributed by atoms with Crippen LogP contribution in [0.3, 0.4) is 0 Å². The molecule has 0 saturated heterocycles. The maximum atomic E-state index is 4.99. The molecule has 0 fully saturated rings. The van der Waals surface area contributed by atoms with Crippen LogP contribution in [0.5, 0.6) is 0 Å².